The van der Waals surface area contributed by atoms with E-state index in [1.165, 1.54) is 12.1 Å². The van der Waals surface area contributed by atoms with E-state index in [9.17, 15) is 14.4 Å². The molecule has 2 N–H and O–H groups in total. The molecule has 33 heavy (non-hydrogen) atoms. The zero-order valence-electron chi connectivity index (χ0n) is 19.8. The smallest absolute Gasteiger partial charge is 0.162 e. The summed E-state index contributed by atoms with van der Waals surface area (Å²) in [5.41, 5.74) is 9.22. The summed E-state index contributed by atoms with van der Waals surface area (Å²) in [7, 11) is 3.72. The van der Waals surface area contributed by atoms with Gasteiger partial charge in [-0.05, 0) is 37.1 Å². The Bertz CT molecular complexity index is 972. The molecule has 0 aliphatic carbocycles. The average Bonchev–Trinajstić information content (AvgIpc) is 3.18. The number of rotatable bonds is 8. The Morgan fingerprint density at radius 2 is 2.15 bits per heavy atom. The number of nitrogens with one attached hydrogen (secondary N) is 2. The number of hydrogen-bond acceptors (Lipinski definition) is 9. The number of halogens is 1. The number of allylic oxidation sites excluding steroid dienone is 1. The molecule has 1 aromatic carbocycles. The van der Waals surface area contributed by atoms with Crippen LogP contribution in [0.25, 0.3) is 5.70 Å². The first-order valence-electron chi connectivity index (χ1n) is 11.0. The van der Waals surface area contributed by atoms with E-state index < -0.39 is 5.82 Å². The van der Waals surface area contributed by atoms with Gasteiger partial charge in [-0.15, -0.1) is 5.53 Å². The molecule has 0 aromatic heterocycles. The molecule has 2 heterocycles. The van der Waals surface area contributed by atoms with Crippen molar-refractivity contribution >= 4 is 29.6 Å². The quantitative estimate of drug-likeness (QED) is 0.256. The van der Waals surface area contributed by atoms with E-state index in [1.54, 1.807) is 18.0 Å². The van der Waals surface area contributed by atoms with Crippen LogP contribution in [0.5, 0.6) is 0 Å². The van der Waals surface area contributed by atoms with Crippen molar-refractivity contribution in [3.63, 3.8) is 0 Å². The van der Waals surface area contributed by atoms with Gasteiger partial charge in [0.15, 0.2) is 6.29 Å². The van der Waals surface area contributed by atoms with E-state index in [2.05, 4.69) is 47.7 Å². The van der Waals surface area contributed by atoms with Crippen molar-refractivity contribution in [2.45, 2.75) is 32.1 Å². The first kappa shape index (κ1) is 24.9. The Morgan fingerprint density at radius 1 is 1.39 bits per heavy atom. The van der Waals surface area contributed by atoms with Crippen LogP contribution in [0.2, 0.25) is 0 Å². The molecule has 1 fully saturated rings. The van der Waals surface area contributed by atoms with Crippen LogP contribution in [-0.4, -0.2) is 72.1 Å². The maximum atomic E-state index is 14.2. The van der Waals surface area contributed by atoms with Crippen LogP contribution in [0.3, 0.4) is 0 Å². The second-order valence-electron chi connectivity index (χ2n) is 8.70. The lowest BCUT2D eigenvalue weighted by Crippen LogP contribution is -2.52. The number of hydrogen-bond donors (Lipinski definition) is 2. The molecule has 1 atom stereocenters. The van der Waals surface area contributed by atoms with Crippen LogP contribution < -0.4 is 15.9 Å². The molecule has 1 saturated heterocycles. The number of nitriles is 1. The molecule has 8 nitrogen and oxygen atoms in total. The highest BCUT2D eigenvalue weighted by Crippen LogP contribution is 2.34. The number of aldehydes is 1. The van der Waals surface area contributed by atoms with Gasteiger partial charge in [0.05, 0.1) is 17.6 Å². The molecule has 0 bridgehead atoms. The SMILES string of the molecule is CC(C)SN1C=C(CN2CCN(/C(=C(\C#N)C=O)c3cc(F)ccc3N(C)C)C(C)C2)NN1. The van der Waals surface area contributed by atoms with Gasteiger partial charge in [0.25, 0.3) is 0 Å². The van der Waals surface area contributed by atoms with Crippen LogP contribution in [-0.2, 0) is 4.79 Å². The molecule has 0 amide bonds. The topological polar surface area (TPSA) is 77.9 Å². The van der Waals surface area contributed by atoms with Gasteiger partial charge in [-0.1, -0.05) is 13.8 Å². The normalized spacial score (nSPS) is 19.7. The Hall–Kier alpha value is -2.74. The van der Waals surface area contributed by atoms with Gasteiger partial charge in [0.2, 0.25) is 0 Å². The summed E-state index contributed by atoms with van der Waals surface area (Å²) in [6, 6.07) is 6.52. The molecule has 0 saturated carbocycles. The number of carbonyl (C=O) groups excluding carboxylic acids is 1. The second kappa shape index (κ2) is 10.9. The fraction of sp³-hybridized carbons (Fsp3) is 0.478. The molecule has 0 spiro atoms. The minimum atomic E-state index is -0.404. The number of piperazine rings is 1. The Kier molecular flexibility index (Phi) is 8.24. The molecule has 1 unspecified atom stereocenters. The third-order valence-corrected chi connectivity index (χ3v) is 6.35. The van der Waals surface area contributed by atoms with E-state index in [4.69, 9.17) is 0 Å². The van der Waals surface area contributed by atoms with Crippen LogP contribution in [0.1, 0.15) is 26.3 Å². The summed E-state index contributed by atoms with van der Waals surface area (Å²) >= 11 is 1.70. The summed E-state index contributed by atoms with van der Waals surface area (Å²) in [5.74, 6) is -0.404. The Labute approximate surface area is 199 Å². The lowest BCUT2D eigenvalue weighted by atomic mass is 10.0. The number of benzene rings is 1. The van der Waals surface area contributed by atoms with E-state index in [0.29, 0.717) is 29.3 Å². The first-order chi connectivity index (χ1) is 15.7. The zero-order chi connectivity index (χ0) is 24.1. The molecule has 178 valence electrons. The summed E-state index contributed by atoms with van der Waals surface area (Å²) < 4.78 is 16.2. The molecule has 1 aromatic rings. The third-order valence-electron chi connectivity index (χ3n) is 5.51. The van der Waals surface area contributed by atoms with Crippen LogP contribution in [0.15, 0.2) is 35.7 Å². The molecular weight excluding hydrogens is 441 g/mol. The van der Waals surface area contributed by atoms with Crippen LogP contribution in [0, 0.1) is 17.1 Å². The van der Waals surface area contributed by atoms with Gasteiger partial charge in [-0.2, -0.15) is 5.26 Å². The Morgan fingerprint density at radius 3 is 2.76 bits per heavy atom. The van der Waals surface area contributed by atoms with Crippen molar-refractivity contribution in [1.29, 1.82) is 5.26 Å². The monoisotopic (exact) mass is 473 g/mol. The van der Waals surface area contributed by atoms with E-state index >= 15 is 0 Å². The van der Waals surface area contributed by atoms with Gasteiger partial charge in [-0.3, -0.25) is 9.69 Å². The number of anilines is 1. The molecular formula is C23H32FN7OS. The van der Waals surface area contributed by atoms with Crippen molar-refractivity contribution in [3.8, 4) is 6.07 Å². The van der Waals surface area contributed by atoms with Gasteiger partial charge < -0.3 is 15.2 Å². The average molecular weight is 474 g/mol. The molecule has 2 aliphatic heterocycles. The lowest BCUT2D eigenvalue weighted by molar-refractivity contribution is -0.104. The fourth-order valence-electron chi connectivity index (χ4n) is 4.12. The van der Waals surface area contributed by atoms with Crippen molar-refractivity contribution in [3.05, 3.63) is 47.0 Å². The largest absolute Gasteiger partial charge is 0.377 e. The van der Waals surface area contributed by atoms with Crippen LogP contribution in [0.4, 0.5) is 10.1 Å². The predicted octanol–water partition coefficient (Wildman–Crippen LogP) is 2.55. The van der Waals surface area contributed by atoms with Crippen molar-refractivity contribution in [2.75, 3.05) is 45.2 Å². The van der Waals surface area contributed by atoms with Gasteiger partial charge in [0, 0.05) is 62.8 Å². The molecule has 10 heteroatoms. The third kappa shape index (κ3) is 5.99. The highest BCUT2D eigenvalue weighted by Gasteiger charge is 2.30. The fourth-order valence-corrected chi connectivity index (χ4v) is 4.87. The van der Waals surface area contributed by atoms with Crippen molar-refractivity contribution < 1.29 is 9.18 Å². The van der Waals surface area contributed by atoms with Gasteiger partial charge in [0.1, 0.15) is 17.5 Å². The standard InChI is InChI=1S/C23H32FN7OS/c1-16(2)33-31-14-20(26-27-31)13-29-8-9-30(17(3)12-29)23(18(11-25)15-32)21-10-19(24)6-7-22(21)28(4)5/h6-7,10,14-17,26-27H,8-9,12-13H2,1-5H3/b23-18+. The lowest BCUT2D eigenvalue weighted by Gasteiger charge is -2.43. The number of carbonyl (C=O) groups is 1. The van der Waals surface area contributed by atoms with Crippen molar-refractivity contribution in [1.82, 2.24) is 25.2 Å². The molecule has 3 rings (SSSR count). The minimum Gasteiger partial charge on any atom is -0.377 e. The zero-order valence-corrected chi connectivity index (χ0v) is 20.6. The maximum Gasteiger partial charge on any atom is 0.162 e. The summed E-state index contributed by atoms with van der Waals surface area (Å²) in [6.45, 7) is 9.19. The van der Waals surface area contributed by atoms with Gasteiger partial charge >= 0.3 is 0 Å². The van der Waals surface area contributed by atoms with E-state index in [-0.39, 0.29) is 11.6 Å². The highest BCUT2D eigenvalue weighted by atomic mass is 32.2. The van der Waals surface area contributed by atoms with Crippen LogP contribution >= 0.6 is 11.9 Å². The van der Waals surface area contributed by atoms with E-state index in [0.717, 1.165) is 31.0 Å². The van der Waals surface area contributed by atoms with Gasteiger partial charge in [-0.25, -0.2) is 8.80 Å². The second-order valence-corrected chi connectivity index (χ2v) is 10.2. The Balaban J connectivity index is 1.82. The maximum absolute atomic E-state index is 14.2. The van der Waals surface area contributed by atoms with E-state index in [1.807, 2.05) is 29.5 Å². The number of hydrazine groups is 2. The van der Waals surface area contributed by atoms with Crippen molar-refractivity contribution in [2.24, 2.45) is 0 Å². The summed E-state index contributed by atoms with van der Waals surface area (Å²) in [5, 5.41) is 10.2. The first-order valence-corrected chi connectivity index (χ1v) is 11.8. The summed E-state index contributed by atoms with van der Waals surface area (Å²) in [6.07, 6.45) is 2.63. The molecule has 2 aliphatic rings. The highest BCUT2D eigenvalue weighted by molar-refractivity contribution is 7.97. The minimum absolute atomic E-state index is 0.00900. The molecule has 0 radical (unpaired) electrons. The summed E-state index contributed by atoms with van der Waals surface area (Å²) in [4.78, 5) is 18.1. The predicted molar refractivity (Wildman–Crippen MR) is 131 cm³/mol. The number of nitrogens with zero attached hydrogens (tertiary/aromatic N) is 5.